The number of carbonyl (C=O) groups is 1. The van der Waals surface area contributed by atoms with Crippen LogP contribution in [0.4, 0.5) is 0 Å². The lowest BCUT2D eigenvalue weighted by Crippen LogP contribution is -2.44. The third kappa shape index (κ3) is 6.55. The van der Waals surface area contributed by atoms with Gasteiger partial charge in [0.25, 0.3) is 0 Å². The highest BCUT2D eigenvalue weighted by Gasteiger charge is 2.30. The van der Waals surface area contributed by atoms with Gasteiger partial charge in [-0.3, -0.25) is 9.69 Å². The van der Waals surface area contributed by atoms with E-state index in [4.69, 9.17) is 4.42 Å². The largest absolute Gasteiger partial charge is 0.444 e. The van der Waals surface area contributed by atoms with Crippen molar-refractivity contribution in [2.45, 2.75) is 38.8 Å². The Morgan fingerprint density at radius 1 is 1.29 bits per heavy atom. The second kappa shape index (κ2) is 11.5. The van der Waals surface area contributed by atoms with Crippen LogP contribution in [-0.2, 0) is 11.3 Å². The molecule has 0 bridgehead atoms. The Kier molecular flexibility index (Phi) is 8.46. The zero-order valence-corrected chi connectivity index (χ0v) is 18.8. The number of guanidine groups is 1. The SMILES string of the molecule is CCNC(=NCc1coc(-c2ccccc2)n1)NCCCN1CCCC1C(=O)N(C)C. The zero-order chi connectivity index (χ0) is 22.1. The molecular weight excluding hydrogens is 392 g/mol. The molecule has 31 heavy (non-hydrogen) atoms. The summed E-state index contributed by atoms with van der Waals surface area (Å²) >= 11 is 0. The highest BCUT2D eigenvalue weighted by Crippen LogP contribution is 2.19. The Hall–Kier alpha value is -2.87. The number of likely N-dealkylation sites (tertiary alicyclic amines) is 1. The normalized spacial score (nSPS) is 17.0. The van der Waals surface area contributed by atoms with Crippen molar-refractivity contribution in [2.75, 3.05) is 40.3 Å². The van der Waals surface area contributed by atoms with Crippen LogP contribution in [0.1, 0.15) is 31.9 Å². The van der Waals surface area contributed by atoms with Crippen LogP contribution in [0, 0.1) is 0 Å². The third-order valence-corrected chi connectivity index (χ3v) is 5.32. The van der Waals surface area contributed by atoms with Crippen molar-refractivity contribution >= 4 is 11.9 Å². The van der Waals surface area contributed by atoms with Gasteiger partial charge in [-0.25, -0.2) is 9.98 Å². The molecule has 1 amide bonds. The number of amides is 1. The minimum atomic E-state index is 0.0304. The first-order valence-electron chi connectivity index (χ1n) is 11.1. The molecule has 2 N–H and O–H groups in total. The minimum absolute atomic E-state index is 0.0304. The Morgan fingerprint density at radius 2 is 2.10 bits per heavy atom. The number of hydrogen-bond acceptors (Lipinski definition) is 5. The Labute approximate surface area is 184 Å². The van der Waals surface area contributed by atoms with E-state index in [9.17, 15) is 4.79 Å². The summed E-state index contributed by atoms with van der Waals surface area (Å²) in [6, 6.07) is 9.87. The van der Waals surface area contributed by atoms with Gasteiger partial charge in [-0.15, -0.1) is 0 Å². The van der Waals surface area contributed by atoms with E-state index in [1.807, 2.05) is 51.4 Å². The van der Waals surface area contributed by atoms with Crippen molar-refractivity contribution in [1.82, 2.24) is 25.4 Å². The van der Waals surface area contributed by atoms with Crippen molar-refractivity contribution in [3.05, 3.63) is 42.3 Å². The number of benzene rings is 1. The van der Waals surface area contributed by atoms with E-state index in [0.29, 0.717) is 12.4 Å². The molecule has 8 nitrogen and oxygen atoms in total. The van der Waals surface area contributed by atoms with Crippen LogP contribution in [0.3, 0.4) is 0 Å². The van der Waals surface area contributed by atoms with Crippen molar-refractivity contribution in [3.8, 4) is 11.5 Å². The fourth-order valence-corrected chi connectivity index (χ4v) is 3.76. The van der Waals surface area contributed by atoms with E-state index in [0.717, 1.165) is 62.7 Å². The molecule has 0 saturated carbocycles. The van der Waals surface area contributed by atoms with Gasteiger partial charge in [0.15, 0.2) is 5.96 Å². The number of aromatic nitrogens is 1. The molecule has 1 aromatic heterocycles. The summed E-state index contributed by atoms with van der Waals surface area (Å²) < 4.78 is 5.59. The Bertz CT molecular complexity index is 849. The van der Waals surface area contributed by atoms with E-state index in [2.05, 4.69) is 25.5 Å². The van der Waals surface area contributed by atoms with Crippen molar-refractivity contribution in [3.63, 3.8) is 0 Å². The van der Waals surface area contributed by atoms with E-state index in [1.165, 1.54) is 0 Å². The summed E-state index contributed by atoms with van der Waals surface area (Å²) in [5.74, 6) is 1.58. The maximum Gasteiger partial charge on any atom is 0.239 e. The average molecular weight is 427 g/mol. The first kappa shape index (κ1) is 22.8. The molecule has 1 aromatic carbocycles. The van der Waals surface area contributed by atoms with Gasteiger partial charge in [-0.05, 0) is 44.9 Å². The first-order valence-corrected chi connectivity index (χ1v) is 11.1. The lowest BCUT2D eigenvalue weighted by atomic mass is 10.2. The number of nitrogens with one attached hydrogen (secondary N) is 2. The molecule has 0 aliphatic carbocycles. The van der Waals surface area contributed by atoms with Gasteiger partial charge in [0, 0.05) is 39.3 Å². The number of oxazole rings is 1. The average Bonchev–Trinajstić information content (AvgIpc) is 3.44. The van der Waals surface area contributed by atoms with Crippen molar-refractivity contribution in [1.29, 1.82) is 0 Å². The van der Waals surface area contributed by atoms with Gasteiger partial charge < -0.3 is 20.0 Å². The molecule has 1 atom stereocenters. The smallest absolute Gasteiger partial charge is 0.239 e. The monoisotopic (exact) mass is 426 g/mol. The van der Waals surface area contributed by atoms with Crippen LogP contribution in [-0.4, -0.2) is 73.0 Å². The Morgan fingerprint density at radius 3 is 2.84 bits per heavy atom. The minimum Gasteiger partial charge on any atom is -0.444 e. The van der Waals surface area contributed by atoms with E-state index < -0.39 is 0 Å². The summed E-state index contributed by atoms with van der Waals surface area (Å²) in [7, 11) is 3.66. The lowest BCUT2D eigenvalue weighted by Gasteiger charge is -2.26. The summed E-state index contributed by atoms with van der Waals surface area (Å²) in [4.78, 5) is 25.5. The molecule has 2 aromatic rings. The molecule has 0 radical (unpaired) electrons. The molecule has 3 rings (SSSR count). The van der Waals surface area contributed by atoms with Crippen LogP contribution >= 0.6 is 0 Å². The molecule has 2 heterocycles. The van der Waals surface area contributed by atoms with Gasteiger partial charge in [-0.1, -0.05) is 18.2 Å². The number of aliphatic imine (C=N–C) groups is 1. The quantitative estimate of drug-likeness (QED) is 0.364. The van der Waals surface area contributed by atoms with Gasteiger partial charge in [0.1, 0.15) is 12.0 Å². The molecule has 0 spiro atoms. The fraction of sp³-hybridized carbons (Fsp3) is 0.522. The molecule has 1 aliphatic rings. The van der Waals surface area contributed by atoms with Crippen LogP contribution in [0.25, 0.3) is 11.5 Å². The van der Waals surface area contributed by atoms with Crippen LogP contribution in [0.15, 0.2) is 46.0 Å². The summed E-state index contributed by atoms with van der Waals surface area (Å²) in [5, 5.41) is 6.65. The number of rotatable bonds is 9. The topological polar surface area (TPSA) is 86.0 Å². The number of nitrogens with zero attached hydrogens (tertiary/aromatic N) is 4. The highest BCUT2D eigenvalue weighted by molar-refractivity contribution is 5.81. The third-order valence-electron chi connectivity index (χ3n) is 5.32. The van der Waals surface area contributed by atoms with Gasteiger partial charge >= 0.3 is 0 Å². The van der Waals surface area contributed by atoms with Gasteiger partial charge in [0.05, 0.1) is 12.6 Å². The Balaban J connectivity index is 1.47. The maximum atomic E-state index is 12.3. The summed E-state index contributed by atoms with van der Waals surface area (Å²) in [5.41, 5.74) is 1.74. The number of carbonyl (C=O) groups excluding carboxylic acids is 1. The van der Waals surface area contributed by atoms with E-state index >= 15 is 0 Å². The van der Waals surface area contributed by atoms with Crippen molar-refractivity contribution in [2.24, 2.45) is 4.99 Å². The van der Waals surface area contributed by atoms with E-state index in [1.54, 1.807) is 11.2 Å². The standard InChI is InChI=1S/C23H34N6O2/c1-4-24-23(25-13-9-15-29-14-8-12-20(29)22(30)28(2)3)26-16-19-17-31-21(27-19)18-10-6-5-7-11-18/h5-7,10-11,17,20H,4,8-9,12-16H2,1-3H3,(H2,24,25,26). The van der Waals surface area contributed by atoms with Gasteiger partial charge in [0.2, 0.25) is 11.8 Å². The lowest BCUT2D eigenvalue weighted by molar-refractivity contribution is -0.133. The van der Waals surface area contributed by atoms with Crippen LogP contribution in [0.2, 0.25) is 0 Å². The molecule has 1 aliphatic heterocycles. The van der Waals surface area contributed by atoms with Gasteiger partial charge in [-0.2, -0.15) is 0 Å². The second-order valence-electron chi connectivity index (χ2n) is 7.91. The second-order valence-corrected chi connectivity index (χ2v) is 7.91. The molecule has 1 saturated heterocycles. The van der Waals surface area contributed by atoms with Crippen LogP contribution in [0.5, 0.6) is 0 Å². The molecule has 1 fully saturated rings. The fourth-order valence-electron chi connectivity index (χ4n) is 3.76. The molecule has 168 valence electrons. The van der Waals surface area contributed by atoms with Crippen molar-refractivity contribution < 1.29 is 9.21 Å². The predicted molar refractivity (Wildman–Crippen MR) is 123 cm³/mol. The highest BCUT2D eigenvalue weighted by atomic mass is 16.3. The predicted octanol–water partition coefficient (Wildman–Crippen LogP) is 2.34. The number of hydrogen-bond donors (Lipinski definition) is 2. The summed E-state index contributed by atoms with van der Waals surface area (Å²) in [6.45, 7) is 5.96. The molecular formula is C23H34N6O2. The molecule has 8 heteroatoms. The first-order chi connectivity index (χ1) is 15.1. The van der Waals surface area contributed by atoms with Crippen LogP contribution < -0.4 is 10.6 Å². The molecule has 1 unspecified atom stereocenters. The maximum absolute atomic E-state index is 12.3. The summed E-state index contributed by atoms with van der Waals surface area (Å²) in [6.07, 6.45) is 4.65. The number of likely N-dealkylation sites (N-methyl/N-ethyl adjacent to an activating group) is 1. The van der Waals surface area contributed by atoms with E-state index in [-0.39, 0.29) is 11.9 Å². The zero-order valence-electron chi connectivity index (χ0n) is 18.8.